The SMILES string of the molecule is Cc1ccc(Br)cc1C1N2CCCN=C2c2ccccc2N1C. The van der Waals surface area contributed by atoms with Crippen LogP contribution in [0.3, 0.4) is 0 Å². The van der Waals surface area contributed by atoms with E-state index in [1.807, 2.05) is 0 Å². The lowest BCUT2D eigenvalue weighted by atomic mass is 9.97. The third kappa shape index (κ3) is 2.36. The zero-order valence-corrected chi connectivity index (χ0v) is 15.0. The van der Waals surface area contributed by atoms with Crippen LogP contribution in [0, 0.1) is 6.92 Å². The van der Waals surface area contributed by atoms with Crippen molar-refractivity contribution in [1.82, 2.24) is 4.90 Å². The average Bonchev–Trinajstić information content (AvgIpc) is 2.58. The van der Waals surface area contributed by atoms with Crippen molar-refractivity contribution in [2.24, 2.45) is 4.99 Å². The number of aliphatic imine (C=N–C) groups is 1. The molecule has 0 spiro atoms. The van der Waals surface area contributed by atoms with Crippen LogP contribution in [0.5, 0.6) is 0 Å². The monoisotopic (exact) mass is 369 g/mol. The second kappa shape index (κ2) is 5.68. The number of aryl methyl sites for hydroxylation is 1. The smallest absolute Gasteiger partial charge is 0.134 e. The van der Waals surface area contributed by atoms with Gasteiger partial charge in [0.2, 0.25) is 0 Å². The maximum atomic E-state index is 4.86. The van der Waals surface area contributed by atoms with Crippen molar-refractivity contribution in [2.75, 3.05) is 25.0 Å². The average molecular weight is 370 g/mol. The first-order chi connectivity index (χ1) is 11.2. The summed E-state index contributed by atoms with van der Waals surface area (Å²) in [7, 11) is 2.19. The zero-order valence-electron chi connectivity index (χ0n) is 13.5. The van der Waals surface area contributed by atoms with Crippen molar-refractivity contribution < 1.29 is 0 Å². The van der Waals surface area contributed by atoms with Gasteiger partial charge in [-0.1, -0.05) is 34.1 Å². The van der Waals surface area contributed by atoms with Gasteiger partial charge in [0, 0.05) is 35.9 Å². The van der Waals surface area contributed by atoms with Crippen molar-refractivity contribution in [2.45, 2.75) is 19.5 Å². The predicted molar refractivity (Wildman–Crippen MR) is 99.2 cm³/mol. The Morgan fingerprint density at radius 2 is 2.00 bits per heavy atom. The Bertz CT molecular complexity index is 784. The summed E-state index contributed by atoms with van der Waals surface area (Å²) in [6.45, 7) is 4.17. The minimum absolute atomic E-state index is 0.196. The Morgan fingerprint density at radius 1 is 1.17 bits per heavy atom. The summed E-state index contributed by atoms with van der Waals surface area (Å²) in [4.78, 5) is 9.70. The predicted octanol–water partition coefficient (Wildman–Crippen LogP) is 4.36. The third-order valence-corrected chi connectivity index (χ3v) is 5.29. The number of anilines is 1. The number of fused-ring (bicyclic) bond motifs is 3. The number of para-hydroxylation sites is 1. The van der Waals surface area contributed by atoms with Crippen LogP contribution in [0.15, 0.2) is 51.9 Å². The van der Waals surface area contributed by atoms with Crippen molar-refractivity contribution in [3.05, 3.63) is 63.6 Å². The molecule has 0 N–H and O–H groups in total. The van der Waals surface area contributed by atoms with E-state index in [0.29, 0.717) is 0 Å². The highest BCUT2D eigenvalue weighted by Gasteiger charge is 2.36. The van der Waals surface area contributed by atoms with Crippen LogP contribution in [0.25, 0.3) is 0 Å². The van der Waals surface area contributed by atoms with E-state index in [2.05, 4.69) is 82.2 Å². The lowest BCUT2D eigenvalue weighted by molar-refractivity contribution is 0.290. The minimum Gasteiger partial charge on any atom is -0.350 e. The second-order valence-corrected chi connectivity index (χ2v) is 7.17. The molecule has 2 heterocycles. The molecular formula is C19H20BrN3. The first kappa shape index (κ1) is 14.8. The van der Waals surface area contributed by atoms with Gasteiger partial charge in [-0.25, -0.2) is 0 Å². The zero-order chi connectivity index (χ0) is 16.0. The number of benzene rings is 2. The minimum atomic E-state index is 0.196. The maximum absolute atomic E-state index is 4.86. The van der Waals surface area contributed by atoms with E-state index in [1.54, 1.807) is 0 Å². The van der Waals surface area contributed by atoms with Crippen LogP contribution in [-0.4, -0.2) is 30.9 Å². The molecule has 0 aliphatic carbocycles. The van der Waals surface area contributed by atoms with E-state index >= 15 is 0 Å². The molecule has 0 saturated heterocycles. The molecule has 0 amide bonds. The van der Waals surface area contributed by atoms with Crippen LogP contribution in [0.1, 0.15) is 29.3 Å². The lowest BCUT2D eigenvalue weighted by Gasteiger charge is -2.47. The van der Waals surface area contributed by atoms with Crippen molar-refractivity contribution in [1.29, 1.82) is 0 Å². The van der Waals surface area contributed by atoms with E-state index in [0.717, 1.165) is 29.8 Å². The van der Waals surface area contributed by atoms with Crippen LogP contribution in [0.4, 0.5) is 5.69 Å². The molecule has 0 saturated carbocycles. The fourth-order valence-electron chi connectivity index (χ4n) is 3.68. The molecule has 4 heteroatoms. The second-order valence-electron chi connectivity index (χ2n) is 6.25. The molecule has 0 radical (unpaired) electrons. The molecule has 0 aromatic heterocycles. The first-order valence-corrected chi connectivity index (χ1v) is 8.85. The van der Waals surface area contributed by atoms with Crippen LogP contribution in [-0.2, 0) is 0 Å². The van der Waals surface area contributed by atoms with Gasteiger partial charge in [0.05, 0.1) is 0 Å². The Morgan fingerprint density at radius 3 is 2.87 bits per heavy atom. The Labute approximate surface area is 145 Å². The molecule has 0 bridgehead atoms. The summed E-state index contributed by atoms with van der Waals surface area (Å²) in [5, 5.41) is 0. The molecule has 2 aromatic carbocycles. The van der Waals surface area contributed by atoms with Gasteiger partial charge < -0.3 is 9.80 Å². The summed E-state index contributed by atoms with van der Waals surface area (Å²) in [5.41, 5.74) is 5.16. The highest BCUT2D eigenvalue weighted by atomic mass is 79.9. The van der Waals surface area contributed by atoms with Crippen molar-refractivity contribution >= 4 is 27.5 Å². The molecule has 2 aromatic rings. The summed E-state index contributed by atoms with van der Waals surface area (Å²) in [6, 6.07) is 15.1. The van der Waals surface area contributed by atoms with E-state index < -0.39 is 0 Å². The normalized spacial score (nSPS) is 20.0. The molecule has 23 heavy (non-hydrogen) atoms. The van der Waals surface area contributed by atoms with Gasteiger partial charge >= 0.3 is 0 Å². The Kier molecular flexibility index (Phi) is 3.64. The summed E-state index contributed by atoms with van der Waals surface area (Å²) in [6.07, 6.45) is 1.31. The summed E-state index contributed by atoms with van der Waals surface area (Å²) >= 11 is 3.64. The fourth-order valence-corrected chi connectivity index (χ4v) is 4.06. The van der Waals surface area contributed by atoms with Crippen molar-refractivity contribution in [3.8, 4) is 0 Å². The van der Waals surface area contributed by atoms with E-state index in [4.69, 9.17) is 4.99 Å². The molecule has 2 aliphatic heterocycles. The number of nitrogens with zero attached hydrogens (tertiary/aromatic N) is 3. The highest BCUT2D eigenvalue weighted by molar-refractivity contribution is 9.10. The molecule has 0 fully saturated rings. The van der Waals surface area contributed by atoms with Crippen molar-refractivity contribution in [3.63, 3.8) is 0 Å². The lowest BCUT2D eigenvalue weighted by Crippen LogP contribution is -2.50. The van der Waals surface area contributed by atoms with Gasteiger partial charge in [0.25, 0.3) is 0 Å². The largest absolute Gasteiger partial charge is 0.350 e. The quantitative estimate of drug-likeness (QED) is 0.743. The van der Waals surface area contributed by atoms with Crippen LogP contribution in [0.2, 0.25) is 0 Å². The van der Waals surface area contributed by atoms with Gasteiger partial charge in [-0.05, 0) is 48.7 Å². The Balaban J connectivity index is 1.92. The van der Waals surface area contributed by atoms with Crippen LogP contribution < -0.4 is 4.90 Å². The van der Waals surface area contributed by atoms with Crippen LogP contribution >= 0.6 is 15.9 Å². The Hall–Kier alpha value is -1.81. The van der Waals surface area contributed by atoms with Gasteiger partial charge in [-0.3, -0.25) is 4.99 Å². The van der Waals surface area contributed by atoms with E-state index in [1.165, 1.54) is 22.4 Å². The number of halogens is 1. The molecule has 2 aliphatic rings. The van der Waals surface area contributed by atoms with E-state index in [9.17, 15) is 0 Å². The maximum Gasteiger partial charge on any atom is 0.134 e. The fraction of sp³-hybridized carbons (Fsp3) is 0.316. The van der Waals surface area contributed by atoms with Gasteiger partial charge in [-0.15, -0.1) is 0 Å². The number of rotatable bonds is 1. The van der Waals surface area contributed by atoms with Gasteiger partial charge in [-0.2, -0.15) is 0 Å². The molecule has 1 unspecified atom stereocenters. The number of hydrogen-bond acceptors (Lipinski definition) is 3. The number of amidine groups is 1. The number of hydrogen-bond donors (Lipinski definition) is 0. The van der Waals surface area contributed by atoms with Gasteiger partial charge in [0.1, 0.15) is 12.0 Å². The molecule has 118 valence electrons. The topological polar surface area (TPSA) is 18.8 Å². The molecule has 1 atom stereocenters. The standard InChI is InChI=1S/C19H20BrN3/c1-13-8-9-14(20)12-16(13)19-22(2)17-7-4-3-6-15(17)18-21-10-5-11-23(18)19/h3-4,6-9,12,19H,5,10-11H2,1-2H3. The molecule has 3 nitrogen and oxygen atoms in total. The summed E-state index contributed by atoms with van der Waals surface area (Å²) in [5.74, 6) is 1.15. The third-order valence-electron chi connectivity index (χ3n) is 4.80. The molecule has 4 rings (SSSR count). The van der Waals surface area contributed by atoms with Gasteiger partial charge in [0.15, 0.2) is 0 Å². The highest BCUT2D eigenvalue weighted by Crippen LogP contribution is 2.40. The molecular weight excluding hydrogens is 350 g/mol. The first-order valence-electron chi connectivity index (χ1n) is 8.06. The van der Waals surface area contributed by atoms with E-state index in [-0.39, 0.29) is 6.17 Å². The summed E-state index contributed by atoms with van der Waals surface area (Å²) < 4.78 is 1.13.